The average Bonchev–Trinajstić information content (AvgIpc) is 3.15. The minimum Gasteiger partial charge on any atom is -0.494 e. The van der Waals surface area contributed by atoms with E-state index < -0.39 is 0 Å². The van der Waals surface area contributed by atoms with Crippen molar-refractivity contribution >= 4 is 29.9 Å². The maximum atomic E-state index is 5.67. The van der Waals surface area contributed by atoms with Gasteiger partial charge in [-0.05, 0) is 37.8 Å². The van der Waals surface area contributed by atoms with Crippen molar-refractivity contribution in [3.63, 3.8) is 0 Å². The molecule has 2 N–H and O–H groups in total. The van der Waals surface area contributed by atoms with Gasteiger partial charge < -0.3 is 19.9 Å². The molecule has 0 saturated carbocycles. The first-order chi connectivity index (χ1) is 13.2. The zero-order valence-electron chi connectivity index (χ0n) is 17.3. The minimum atomic E-state index is 0. The van der Waals surface area contributed by atoms with Gasteiger partial charge in [-0.25, -0.2) is 0 Å². The number of nitrogens with one attached hydrogen (secondary N) is 2. The number of ether oxygens (including phenoxy) is 1. The summed E-state index contributed by atoms with van der Waals surface area (Å²) < 4.78 is 11.1. The molecule has 2 rings (SSSR count). The van der Waals surface area contributed by atoms with E-state index in [1.807, 2.05) is 31.2 Å². The van der Waals surface area contributed by atoms with Gasteiger partial charge in [0.05, 0.1) is 18.8 Å². The summed E-state index contributed by atoms with van der Waals surface area (Å²) in [6, 6.07) is 10.2. The summed E-state index contributed by atoms with van der Waals surface area (Å²) >= 11 is 0. The van der Waals surface area contributed by atoms with Gasteiger partial charge in [-0.3, -0.25) is 4.99 Å². The van der Waals surface area contributed by atoms with E-state index >= 15 is 0 Å². The van der Waals surface area contributed by atoms with Crippen molar-refractivity contribution in [1.82, 2.24) is 15.8 Å². The number of aromatic nitrogens is 1. The third kappa shape index (κ3) is 7.33. The normalized spacial score (nSPS) is 11.2. The van der Waals surface area contributed by atoms with Crippen molar-refractivity contribution in [1.29, 1.82) is 0 Å². The van der Waals surface area contributed by atoms with E-state index in [4.69, 9.17) is 9.26 Å². The van der Waals surface area contributed by atoms with Gasteiger partial charge in [0.25, 0.3) is 0 Å². The molecular formula is C21H33IN4O2. The minimum absolute atomic E-state index is 0. The Morgan fingerprint density at radius 3 is 2.61 bits per heavy atom. The second-order valence-electron chi connectivity index (χ2n) is 6.37. The SMILES string of the molecule is CCOc1ccccc1CCNC(=NC)NCc1cc(C(CC)CC)no1.I. The second kappa shape index (κ2) is 13.4. The predicted molar refractivity (Wildman–Crippen MR) is 125 cm³/mol. The Morgan fingerprint density at radius 2 is 1.93 bits per heavy atom. The molecule has 0 unspecified atom stereocenters. The number of halogens is 1. The Morgan fingerprint density at radius 1 is 1.18 bits per heavy atom. The number of hydrogen-bond acceptors (Lipinski definition) is 4. The van der Waals surface area contributed by atoms with Crippen LogP contribution in [0.1, 0.15) is 56.5 Å². The van der Waals surface area contributed by atoms with Gasteiger partial charge >= 0.3 is 0 Å². The third-order valence-electron chi connectivity index (χ3n) is 4.59. The molecule has 0 aliphatic rings. The van der Waals surface area contributed by atoms with E-state index in [2.05, 4.69) is 40.7 Å². The maximum Gasteiger partial charge on any atom is 0.191 e. The first kappa shape index (κ1) is 24.3. The lowest BCUT2D eigenvalue weighted by molar-refractivity contribution is 0.336. The van der Waals surface area contributed by atoms with Crippen molar-refractivity contribution in [3.05, 3.63) is 47.3 Å². The van der Waals surface area contributed by atoms with E-state index in [0.717, 1.165) is 49.0 Å². The zero-order chi connectivity index (χ0) is 19.5. The van der Waals surface area contributed by atoms with Crippen LogP contribution >= 0.6 is 24.0 Å². The molecule has 1 aromatic carbocycles. The summed E-state index contributed by atoms with van der Waals surface area (Å²) in [5, 5.41) is 10.8. The van der Waals surface area contributed by atoms with Crippen LogP contribution in [0.5, 0.6) is 5.75 Å². The highest BCUT2D eigenvalue weighted by atomic mass is 127. The van der Waals surface area contributed by atoms with E-state index in [-0.39, 0.29) is 24.0 Å². The molecular weight excluding hydrogens is 467 g/mol. The molecule has 0 radical (unpaired) electrons. The van der Waals surface area contributed by atoms with Crippen molar-refractivity contribution in [2.75, 3.05) is 20.2 Å². The lowest BCUT2D eigenvalue weighted by atomic mass is 9.99. The Kier molecular flexibility index (Phi) is 11.6. The van der Waals surface area contributed by atoms with Gasteiger partial charge in [0.1, 0.15) is 5.75 Å². The molecule has 0 saturated heterocycles. The van der Waals surface area contributed by atoms with Gasteiger partial charge in [0.15, 0.2) is 11.7 Å². The molecule has 0 aliphatic heterocycles. The fourth-order valence-corrected chi connectivity index (χ4v) is 3.03. The average molecular weight is 500 g/mol. The van der Waals surface area contributed by atoms with Gasteiger partial charge in [-0.15, -0.1) is 24.0 Å². The highest BCUT2D eigenvalue weighted by molar-refractivity contribution is 14.0. The molecule has 28 heavy (non-hydrogen) atoms. The molecule has 0 amide bonds. The molecule has 7 heteroatoms. The van der Waals surface area contributed by atoms with Crippen molar-refractivity contribution in [2.45, 2.75) is 52.5 Å². The summed E-state index contributed by atoms with van der Waals surface area (Å²) in [5.74, 6) is 2.97. The van der Waals surface area contributed by atoms with Crippen LogP contribution < -0.4 is 15.4 Å². The van der Waals surface area contributed by atoms with E-state index in [9.17, 15) is 0 Å². The van der Waals surface area contributed by atoms with Crippen LogP contribution in [0, 0.1) is 0 Å². The number of rotatable bonds is 10. The van der Waals surface area contributed by atoms with Crippen molar-refractivity contribution in [2.24, 2.45) is 4.99 Å². The standard InChI is InChI=1S/C21H32N4O2.HI/c1-5-16(6-2)19-14-18(27-25-19)15-24-21(22-4)23-13-12-17-10-8-9-11-20(17)26-7-3;/h8-11,14,16H,5-7,12-13,15H2,1-4H3,(H2,22,23,24);1H. The van der Waals surface area contributed by atoms with Crippen LogP contribution in [-0.4, -0.2) is 31.3 Å². The fourth-order valence-electron chi connectivity index (χ4n) is 3.03. The van der Waals surface area contributed by atoms with E-state index in [0.29, 0.717) is 19.1 Å². The molecule has 0 bridgehead atoms. The number of aliphatic imine (C=N–C) groups is 1. The summed E-state index contributed by atoms with van der Waals surface area (Å²) in [6.07, 6.45) is 3.00. The van der Waals surface area contributed by atoms with Gasteiger partial charge in [-0.2, -0.15) is 0 Å². The Hall–Kier alpha value is -1.77. The topological polar surface area (TPSA) is 71.7 Å². The lowest BCUT2D eigenvalue weighted by Gasteiger charge is -2.13. The lowest BCUT2D eigenvalue weighted by Crippen LogP contribution is -2.37. The molecule has 1 heterocycles. The number of nitrogens with zero attached hydrogens (tertiary/aromatic N) is 2. The van der Waals surface area contributed by atoms with Crippen LogP contribution in [0.25, 0.3) is 0 Å². The van der Waals surface area contributed by atoms with Crippen LogP contribution in [-0.2, 0) is 13.0 Å². The van der Waals surface area contributed by atoms with Crippen LogP contribution in [0.3, 0.4) is 0 Å². The number of benzene rings is 1. The quantitative estimate of drug-likeness (QED) is 0.286. The Balaban J connectivity index is 0.00000392. The highest BCUT2D eigenvalue weighted by Crippen LogP contribution is 2.22. The first-order valence-corrected chi connectivity index (χ1v) is 9.82. The van der Waals surface area contributed by atoms with Gasteiger partial charge in [0.2, 0.25) is 0 Å². The predicted octanol–water partition coefficient (Wildman–Crippen LogP) is 4.50. The summed E-state index contributed by atoms with van der Waals surface area (Å²) in [7, 11) is 1.76. The smallest absolute Gasteiger partial charge is 0.191 e. The Labute approximate surface area is 185 Å². The van der Waals surface area contributed by atoms with Crippen LogP contribution in [0.2, 0.25) is 0 Å². The number of para-hydroxylation sites is 1. The largest absolute Gasteiger partial charge is 0.494 e. The fraction of sp³-hybridized carbons (Fsp3) is 0.524. The summed E-state index contributed by atoms with van der Waals surface area (Å²) in [6.45, 7) is 8.34. The van der Waals surface area contributed by atoms with E-state index in [1.54, 1.807) is 7.05 Å². The zero-order valence-corrected chi connectivity index (χ0v) is 19.7. The molecule has 6 nitrogen and oxygen atoms in total. The van der Waals surface area contributed by atoms with Gasteiger partial charge in [-0.1, -0.05) is 37.2 Å². The second-order valence-corrected chi connectivity index (χ2v) is 6.37. The van der Waals surface area contributed by atoms with Crippen LogP contribution in [0.15, 0.2) is 39.8 Å². The number of hydrogen-bond donors (Lipinski definition) is 2. The molecule has 0 fully saturated rings. The maximum absolute atomic E-state index is 5.67. The summed E-state index contributed by atoms with van der Waals surface area (Å²) in [5.41, 5.74) is 2.22. The van der Waals surface area contributed by atoms with Crippen LogP contribution in [0.4, 0.5) is 0 Å². The third-order valence-corrected chi connectivity index (χ3v) is 4.59. The number of guanidine groups is 1. The van der Waals surface area contributed by atoms with E-state index in [1.165, 1.54) is 5.56 Å². The molecule has 0 spiro atoms. The van der Waals surface area contributed by atoms with Gasteiger partial charge in [0, 0.05) is 25.6 Å². The van der Waals surface area contributed by atoms with Crippen molar-refractivity contribution in [3.8, 4) is 5.75 Å². The molecule has 0 aliphatic carbocycles. The first-order valence-electron chi connectivity index (χ1n) is 9.82. The van der Waals surface area contributed by atoms with Crippen molar-refractivity contribution < 1.29 is 9.26 Å². The molecule has 0 atom stereocenters. The summed E-state index contributed by atoms with van der Waals surface area (Å²) in [4.78, 5) is 4.27. The molecule has 156 valence electrons. The Bertz CT molecular complexity index is 714. The monoisotopic (exact) mass is 500 g/mol. The molecule has 1 aromatic heterocycles. The molecule has 2 aromatic rings. The highest BCUT2D eigenvalue weighted by Gasteiger charge is 2.13.